The van der Waals surface area contributed by atoms with Crippen molar-refractivity contribution in [3.05, 3.63) is 30.3 Å². The summed E-state index contributed by atoms with van der Waals surface area (Å²) in [5.41, 5.74) is 1.02. The van der Waals surface area contributed by atoms with Gasteiger partial charge in [-0.05, 0) is 37.9 Å². The monoisotopic (exact) mass is 237 g/mol. The summed E-state index contributed by atoms with van der Waals surface area (Å²) in [5, 5.41) is 6.99. The van der Waals surface area contributed by atoms with Crippen molar-refractivity contribution < 1.29 is 0 Å². The predicted molar refractivity (Wildman–Crippen MR) is 73.8 cm³/mol. The third-order valence-electron chi connectivity index (χ3n) is 2.35. The van der Waals surface area contributed by atoms with Crippen LogP contribution in [0.5, 0.6) is 0 Å². The zero-order valence-electron chi connectivity index (χ0n) is 9.86. The molecule has 0 unspecified atom stereocenters. The van der Waals surface area contributed by atoms with Gasteiger partial charge in [-0.25, -0.2) is 0 Å². The van der Waals surface area contributed by atoms with Gasteiger partial charge in [0.2, 0.25) is 0 Å². The Kier molecular flexibility index (Phi) is 5.82. The number of benzene rings is 1. The van der Waals surface area contributed by atoms with E-state index in [4.69, 9.17) is 12.2 Å². The molecule has 0 aliphatic rings. The summed E-state index contributed by atoms with van der Waals surface area (Å²) in [6.07, 6.45) is 0. The van der Waals surface area contributed by atoms with Crippen LogP contribution in [0.1, 0.15) is 6.92 Å². The fraction of sp³-hybridized carbons (Fsp3) is 0.417. The van der Waals surface area contributed by atoms with Crippen LogP contribution in [-0.4, -0.2) is 36.7 Å². The molecule has 0 saturated carbocycles. The maximum Gasteiger partial charge on any atom is 0.170 e. The number of anilines is 1. The summed E-state index contributed by atoms with van der Waals surface area (Å²) in [6.45, 7) is 5.05. The molecule has 16 heavy (non-hydrogen) atoms. The molecule has 2 N–H and O–H groups in total. The molecule has 3 nitrogen and oxygen atoms in total. The van der Waals surface area contributed by atoms with E-state index in [1.54, 1.807) is 0 Å². The van der Waals surface area contributed by atoms with E-state index in [2.05, 4.69) is 29.5 Å². The Hall–Kier alpha value is -1.13. The minimum absolute atomic E-state index is 0.677. The van der Waals surface area contributed by atoms with Crippen molar-refractivity contribution in [3.63, 3.8) is 0 Å². The highest BCUT2D eigenvalue weighted by Gasteiger charge is 1.97. The van der Waals surface area contributed by atoms with Crippen LogP contribution in [0.15, 0.2) is 30.3 Å². The molecule has 0 aromatic heterocycles. The minimum Gasteiger partial charge on any atom is -0.361 e. The highest BCUT2D eigenvalue weighted by atomic mass is 32.1. The summed E-state index contributed by atoms with van der Waals surface area (Å²) >= 11 is 5.18. The Balaban J connectivity index is 2.21. The van der Waals surface area contributed by atoms with Crippen LogP contribution in [0.3, 0.4) is 0 Å². The molecular weight excluding hydrogens is 218 g/mol. The normalized spacial score (nSPS) is 10.2. The molecule has 0 aliphatic carbocycles. The van der Waals surface area contributed by atoms with E-state index < -0.39 is 0 Å². The summed E-state index contributed by atoms with van der Waals surface area (Å²) in [7, 11) is 2.09. The Morgan fingerprint density at radius 1 is 1.31 bits per heavy atom. The quantitative estimate of drug-likeness (QED) is 0.765. The smallest absolute Gasteiger partial charge is 0.170 e. The van der Waals surface area contributed by atoms with E-state index in [0.717, 1.165) is 25.3 Å². The average Bonchev–Trinajstić information content (AvgIpc) is 2.30. The van der Waals surface area contributed by atoms with Crippen molar-refractivity contribution in [1.29, 1.82) is 0 Å². The molecule has 4 heteroatoms. The number of nitrogens with zero attached hydrogens (tertiary/aromatic N) is 1. The first-order valence-corrected chi connectivity index (χ1v) is 5.91. The molecule has 0 fully saturated rings. The number of thiocarbonyl (C=S) groups is 1. The van der Waals surface area contributed by atoms with Crippen LogP contribution in [0.25, 0.3) is 0 Å². The fourth-order valence-corrected chi connectivity index (χ4v) is 1.44. The Morgan fingerprint density at radius 3 is 2.62 bits per heavy atom. The molecular formula is C12H19N3S. The predicted octanol–water partition coefficient (Wildman–Crippen LogP) is 1.92. The number of rotatable bonds is 5. The summed E-state index contributed by atoms with van der Waals surface area (Å²) < 4.78 is 0. The lowest BCUT2D eigenvalue weighted by molar-refractivity contribution is 0.358. The highest BCUT2D eigenvalue weighted by molar-refractivity contribution is 7.80. The van der Waals surface area contributed by atoms with Crippen molar-refractivity contribution in [2.45, 2.75) is 6.92 Å². The first kappa shape index (κ1) is 12.9. The van der Waals surface area contributed by atoms with E-state index in [-0.39, 0.29) is 0 Å². The molecule has 88 valence electrons. The Labute approximate surface area is 103 Å². The molecule has 0 spiro atoms. The summed E-state index contributed by atoms with van der Waals surface area (Å²) in [6, 6.07) is 9.93. The second-order valence-corrected chi connectivity index (χ2v) is 4.05. The van der Waals surface area contributed by atoms with Gasteiger partial charge >= 0.3 is 0 Å². The number of hydrogen-bond acceptors (Lipinski definition) is 2. The topological polar surface area (TPSA) is 27.3 Å². The molecule has 0 aliphatic heterocycles. The standard InChI is InChI=1S/C12H19N3S/c1-3-15(2)10-9-13-12(16)14-11-7-5-4-6-8-11/h4-8H,3,9-10H2,1-2H3,(H2,13,14,16). The van der Waals surface area contributed by atoms with Gasteiger partial charge in [-0.2, -0.15) is 0 Å². The third-order valence-corrected chi connectivity index (χ3v) is 2.60. The van der Waals surface area contributed by atoms with Crippen molar-refractivity contribution >= 4 is 23.0 Å². The van der Waals surface area contributed by atoms with Gasteiger partial charge in [0.25, 0.3) is 0 Å². The maximum absolute atomic E-state index is 5.18. The van der Waals surface area contributed by atoms with E-state index in [9.17, 15) is 0 Å². The van der Waals surface area contributed by atoms with Crippen LogP contribution < -0.4 is 10.6 Å². The summed E-state index contributed by atoms with van der Waals surface area (Å²) in [4.78, 5) is 2.23. The minimum atomic E-state index is 0.677. The van der Waals surface area contributed by atoms with Gasteiger partial charge < -0.3 is 15.5 Å². The second kappa shape index (κ2) is 7.19. The molecule has 1 rings (SSSR count). The highest BCUT2D eigenvalue weighted by Crippen LogP contribution is 2.03. The van der Waals surface area contributed by atoms with Gasteiger partial charge in [0.15, 0.2) is 5.11 Å². The molecule has 0 amide bonds. The first-order valence-electron chi connectivity index (χ1n) is 5.51. The van der Waals surface area contributed by atoms with Gasteiger partial charge in [-0.1, -0.05) is 25.1 Å². The third kappa shape index (κ3) is 5.09. The van der Waals surface area contributed by atoms with E-state index >= 15 is 0 Å². The van der Waals surface area contributed by atoms with E-state index in [1.165, 1.54) is 0 Å². The lowest BCUT2D eigenvalue weighted by Crippen LogP contribution is -2.35. The number of para-hydroxylation sites is 1. The zero-order valence-corrected chi connectivity index (χ0v) is 10.7. The zero-order chi connectivity index (χ0) is 11.8. The lowest BCUT2D eigenvalue weighted by Gasteiger charge is -2.15. The molecule has 0 atom stereocenters. The van der Waals surface area contributed by atoms with Crippen LogP contribution in [0.4, 0.5) is 5.69 Å². The molecule has 1 aromatic rings. The molecule has 0 bridgehead atoms. The van der Waals surface area contributed by atoms with Gasteiger partial charge in [0.05, 0.1) is 0 Å². The fourth-order valence-electron chi connectivity index (χ4n) is 1.22. The molecule has 1 aromatic carbocycles. The Morgan fingerprint density at radius 2 is 2.00 bits per heavy atom. The first-order chi connectivity index (χ1) is 7.72. The van der Waals surface area contributed by atoms with Crippen molar-refractivity contribution in [2.75, 3.05) is 32.0 Å². The largest absolute Gasteiger partial charge is 0.361 e. The van der Waals surface area contributed by atoms with Crippen molar-refractivity contribution in [3.8, 4) is 0 Å². The molecule has 0 heterocycles. The van der Waals surface area contributed by atoms with Crippen LogP contribution >= 0.6 is 12.2 Å². The molecule has 0 radical (unpaired) electrons. The Bertz CT molecular complexity index is 313. The van der Waals surface area contributed by atoms with Gasteiger partial charge in [-0.3, -0.25) is 0 Å². The number of likely N-dealkylation sites (N-methyl/N-ethyl adjacent to an activating group) is 1. The number of nitrogens with one attached hydrogen (secondary N) is 2. The van der Waals surface area contributed by atoms with Crippen molar-refractivity contribution in [2.24, 2.45) is 0 Å². The number of hydrogen-bond donors (Lipinski definition) is 2. The van der Waals surface area contributed by atoms with Crippen molar-refractivity contribution in [1.82, 2.24) is 10.2 Å². The van der Waals surface area contributed by atoms with Crippen LogP contribution in [-0.2, 0) is 0 Å². The van der Waals surface area contributed by atoms with E-state index in [0.29, 0.717) is 5.11 Å². The van der Waals surface area contributed by atoms with Gasteiger partial charge in [-0.15, -0.1) is 0 Å². The van der Waals surface area contributed by atoms with E-state index in [1.807, 2.05) is 30.3 Å². The lowest BCUT2D eigenvalue weighted by atomic mass is 10.3. The second-order valence-electron chi connectivity index (χ2n) is 3.64. The summed E-state index contributed by atoms with van der Waals surface area (Å²) in [5.74, 6) is 0. The van der Waals surface area contributed by atoms with Crippen LogP contribution in [0, 0.1) is 0 Å². The SMILES string of the molecule is CCN(C)CCNC(=S)Nc1ccccc1. The van der Waals surface area contributed by atoms with Gasteiger partial charge in [0, 0.05) is 18.8 Å². The van der Waals surface area contributed by atoms with Crippen LogP contribution in [0.2, 0.25) is 0 Å². The van der Waals surface area contributed by atoms with Gasteiger partial charge in [0.1, 0.15) is 0 Å². The average molecular weight is 237 g/mol. The molecule has 0 saturated heterocycles. The maximum atomic E-state index is 5.18.